The van der Waals surface area contributed by atoms with E-state index in [1.54, 1.807) is 12.2 Å². The number of aliphatic hydroxyl groups excluding tert-OH is 4. The Morgan fingerprint density at radius 3 is 2.32 bits per heavy atom. The maximum atomic E-state index is 9.83. The molecular weight excluding hydrogens is 248 g/mol. The molecule has 0 aliphatic carbocycles. The van der Waals surface area contributed by atoms with Crippen LogP contribution in [0.5, 0.6) is 0 Å². The molecule has 19 heavy (non-hydrogen) atoms. The topological polar surface area (TPSA) is 90.2 Å². The largest absolute Gasteiger partial charge is 0.394 e. The molecule has 0 saturated carbocycles. The van der Waals surface area contributed by atoms with E-state index in [1.165, 1.54) is 0 Å². The first-order valence-electron chi connectivity index (χ1n) is 6.17. The van der Waals surface area contributed by atoms with Gasteiger partial charge in [0.05, 0.1) is 6.61 Å². The zero-order chi connectivity index (χ0) is 13.8. The fourth-order valence-corrected chi connectivity index (χ4v) is 2.06. The van der Waals surface area contributed by atoms with E-state index < -0.39 is 37.1 Å². The molecule has 5 atom stereocenters. The molecule has 1 aliphatic heterocycles. The predicted molar refractivity (Wildman–Crippen MR) is 69.2 cm³/mol. The molecule has 0 aromatic heterocycles. The lowest BCUT2D eigenvalue weighted by Gasteiger charge is -2.38. The Morgan fingerprint density at radius 2 is 1.68 bits per heavy atom. The standard InChI is InChI=1S/C14H18O5/c15-8-11-13(17)14(18)12(16)10(19-11)7-6-9-4-2-1-3-5-9/h1-7,10-18H,8H2/b7-6+/t10-,11-,12+,13+,14-/m1/s1. The quantitative estimate of drug-likeness (QED) is 0.594. The first kappa shape index (κ1) is 14.2. The fraction of sp³-hybridized carbons (Fsp3) is 0.429. The molecule has 104 valence electrons. The Hall–Kier alpha value is -1.24. The van der Waals surface area contributed by atoms with Crippen LogP contribution in [0.2, 0.25) is 0 Å². The summed E-state index contributed by atoms with van der Waals surface area (Å²) >= 11 is 0. The van der Waals surface area contributed by atoms with Crippen LogP contribution in [0, 0.1) is 0 Å². The molecule has 0 spiro atoms. The molecule has 1 heterocycles. The van der Waals surface area contributed by atoms with Gasteiger partial charge in [-0.1, -0.05) is 42.5 Å². The van der Waals surface area contributed by atoms with E-state index in [9.17, 15) is 15.3 Å². The van der Waals surface area contributed by atoms with Crippen molar-refractivity contribution in [2.24, 2.45) is 0 Å². The van der Waals surface area contributed by atoms with Crippen molar-refractivity contribution in [1.82, 2.24) is 0 Å². The van der Waals surface area contributed by atoms with E-state index >= 15 is 0 Å². The van der Waals surface area contributed by atoms with Crippen LogP contribution in [-0.2, 0) is 4.74 Å². The zero-order valence-corrected chi connectivity index (χ0v) is 10.3. The van der Waals surface area contributed by atoms with Gasteiger partial charge in [0.25, 0.3) is 0 Å². The summed E-state index contributed by atoms with van der Waals surface area (Å²) in [5, 5.41) is 38.2. The molecule has 0 bridgehead atoms. The highest BCUT2D eigenvalue weighted by atomic mass is 16.5. The van der Waals surface area contributed by atoms with Crippen LogP contribution in [0.1, 0.15) is 5.56 Å². The van der Waals surface area contributed by atoms with Crippen molar-refractivity contribution < 1.29 is 25.2 Å². The van der Waals surface area contributed by atoms with Crippen LogP contribution < -0.4 is 0 Å². The van der Waals surface area contributed by atoms with Crippen molar-refractivity contribution in [2.45, 2.75) is 30.5 Å². The summed E-state index contributed by atoms with van der Waals surface area (Å²) in [7, 11) is 0. The van der Waals surface area contributed by atoms with Gasteiger partial charge in [-0.05, 0) is 5.56 Å². The Morgan fingerprint density at radius 1 is 1.00 bits per heavy atom. The second-order valence-corrected chi connectivity index (χ2v) is 4.56. The Balaban J connectivity index is 2.09. The summed E-state index contributed by atoms with van der Waals surface area (Å²) in [5.41, 5.74) is 0.930. The van der Waals surface area contributed by atoms with Gasteiger partial charge in [0.1, 0.15) is 30.5 Å². The summed E-state index contributed by atoms with van der Waals surface area (Å²) in [6, 6.07) is 9.44. The van der Waals surface area contributed by atoms with Crippen LogP contribution in [0.4, 0.5) is 0 Å². The average molecular weight is 266 g/mol. The van der Waals surface area contributed by atoms with Crippen LogP contribution in [0.25, 0.3) is 6.08 Å². The lowest BCUT2D eigenvalue weighted by molar-refractivity contribution is -0.216. The van der Waals surface area contributed by atoms with Crippen molar-refractivity contribution >= 4 is 6.08 Å². The van der Waals surface area contributed by atoms with Crippen LogP contribution in [-0.4, -0.2) is 57.6 Å². The number of rotatable bonds is 3. The Kier molecular flexibility index (Phi) is 4.68. The number of aliphatic hydroxyl groups is 4. The molecule has 0 radical (unpaired) electrons. The summed E-state index contributed by atoms with van der Waals surface area (Å²) in [4.78, 5) is 0. The Labute approximate surface area is 111 Å². The molecule has 1 fully saturated rings. The molecule has 2 rings (SSSR count). The maximum absolute atomic E-state index is 9.83. The molecule has 4 N–H and O–H groups in total. The summed E-state index contributed by atoms with van der Waals surface area (Å²) < 4.78 is 5.36. The lowest BCUT2D eigenvalue weighted by Crippen LogP contribution is -2.57. The van der Waals surface area contributed by atoms with Gasteiger partial charge in [-0.25, -0.2) is 0 Å². The molecule has 0 amide bonds. The number of hydrogen-bond acceptors (Lipinski definition) is 5. The SMILES string of the molecule is OC[C@H]1O[C@H](/C=C/c2ccccc2)[C@H](O)[C@@H](O)[C@H]1O. The molecule has 5 heteroatoms. The van der Waals surface area contributed by atoms with E-state index in [1.807, 2.05) is 30.3 Å². The van der Waals surface area contributed by atoms with Gasteiger partial charge in [-0.2, -0.15) is 0 Å². The van der Waals surface area contributed by atoms with Crippen molar-refractivity contribution in [3.63, 3.8) is 0 Å². The molecule has 1 aromatic rings. The monoisotopic (exact) mass is 266 g/mol. The fourth-order valence-electron chi connectivity index (χ4n) is 2.06. The normalized spacial score (nSPS) is 35.7. The van der Waals surface area contributed by atoms with Crippen LogP contribution in [0.3, 0.4) is 0 Å². The molecule has 1 saturated heterocycles. The number of benzene rings is 1. The van der Waals surface area contributed by atoms with Crippen molar-refractivity contribution in [3.05, 3.63) is 42.0 Å². The van der Waals surface area contributed by atoms with E-state index in [0.717, 1.165) is 5.56 Å². The smallest absolute Gasteiger partial charge is 0.112 e. The van der Waals surface area contributed by atoms with Crippen molar-refractivity contribution in [2.75, 3.05) is 6.61 Å². The maximum Gasteiger partial charge on any atom is 0.112 e. The highest BCUT2D eigenvalue weighted by Gasteiger charge is 2.42. The first-order valence-corrected chi connectivity index (χ1v) is 6.17. The van der Waals surface area contributed by atoms with Gasteiger partial charge in [-0.3, -0.25) is 0 Å². The first-order chi connectivity index (χ1) is 9.13. The highest BCUT2D eigenvalue weighted by molar-refractivity contribution is 5.49. The van der Waals surface area contributed by atoms with Gasteiger partial charge >= 0.3 is 0 Å². The van der Waals surface area contributed by atoms with Gasteiger partial charge in [-0.15, -0.1) is 0 Å². The van der Waals surface area contributed by atoms with Crippen molar-refractivity contribution in [1.29, 1.82) is 0 Å². The Bertz CT molecular complexity index is 417. The highest BCUT2D eigenvalue weighted by Crippen LogP contribution is 2.22. The van der Waals surface area contributed by atoms with Crippen molar-refractivity contribution in [3.8, 4) is 0 Å². The second kappa shape index (κ2) is 6.27. The summed E-state index contributed by atoms with van der Waals surface area (Å²) in [6.07, 6.45) is -2.15. The van der Waals surface area contributed by atoms with E-state index in [-0.39, 0.29) is 0 Å². The second-order valence-electron chi connectivity index (χ2n) is 4.56. The van der Waals surface area contributed by atoms with E-state index in [0.29, 0.717) is 0 Å². The predicted octanol–water partition coefficient (Wildman–Crippen LogP) is -0.458. The zero-order valence-electron chi connectivity index (χ0n) is 10.3. The molecule has 1 aromatic carbocycles. The van der Waals surface area contributed by atoms with E-state index in [4.69, 9.17) is 9.84 Å². The lowest BCUT2D eigenvalue weighted by atomic mass is 9.94. The minimum Gasteiger partial charge on any atom is -0.394 e. The third-order valence-corrected chi connectivity index (χ3v) is 3.21. The van der Waals surface area contributed by atoms with Gasteiger partial charge < -0.3 is 25.2 Å². The minimum atomic E-state index is -1.34. The number of ether oxygens (including phenoxy) is 1. The average Bonchev–Trinajstić information content (AvgIpc) is 2.45. The minimum absolute atomic E-state index is 0.416. The van der Waals surface area contributed by atoms with E-state index in [2.05, 4.69) is 0 Å². The van der Waals surface area contributed by atoms with Gasteiger partial charge in [0, 0.05) is 0 Å². The molecular formula is C14H18O5. The molecule has 0 unspecified atom stereocenters. The van der Waals surface area contributed by atoms with Gasteiger partial charge in [0.2, 0.25) is 0 Å². The number of hydrogen-bond donors (Lipinski definition) is 4. The third-order valence-electron chi connectivity index (χ3n) is 3.21. The van der Waals surface area contributed by atoms with Crippen LogP contribution >= 0.6 is 0 Å². The van der Waals surface area contributed by atoms with Gasteiger partial charge in [0.15, 0.2) is 0 Å². The summed E-state index contributed by atoms with van der Waals surface area (Å²) in [5.74, 6) is 0. The molecule has 5 nitrogen and oxygen atoms in total. The summed E-state index contributed by atoms with van der Waals surface area (Å²) in [6.45, 7) is -0.416. The molecule has 1 aliphatic rings. The van der Waals surface area contributed by atoms with Crippen LogP contribution in [0.15, 0.2) is 36.4 Å². The third kappa shape index (κ3) is 3.20.